The first-order valence-electron chi connectivity index (χ1n) is 11.4. The molecule has 0 bridgehead atoms. The Hall–Kier alpha value is -3.80. The second-order valence-electron chi connectivity index (χ2n) is 8.33. The van der Waals surface area contributed by atoms with Gasteiger partial charge in [-0.15, -0.1) is 0 Å². The van der Waals surface area contributed by atoms with Crippen molar-refractivity contribution in [3.63, 3.8) is 0 Å². The lowest BCUT2D eigenvalue weighted by atomic mass is 9.95. The second-order valence-corrected chi connectivity index (χ2v) is 8.33. The van der Waals surface area contributed by atoms with Crippen LogP contribution in [0, 0.1) is 0 Å². The van der Waals surface area contributed by atoms with Gasteiger partial charge in [-0.1, -0.05) is 37.5 Å². The summed E-state index contributed by atoms with van der Waals surface area (Å²) in [5.41, 5.74) is 3.16. The fourth-order valence-corrected chi connectivity index (χ4v) is 4.43. The molecule has 4 aromatic rings. The largest absolute Gasteiger partial charge is 0.496 e. The summed E-state index contributed by atoms with van der Waals surface area (Å²) in [6.45, 7) is 0. The molecule has 0 amide bonds. The number of pyridine rings is 1. The molecule has 168 valence electrons. The number of nitrogens with zero attached hydrogens (tertiary/aromatic N) is 2. The summed E-state index contributed by atoms with van der Waals surface area (Å²) in [5.74, 6) is 1.52. The van der Waals surface area contributed by atoms with Gasteiger partial charge in [-0.05, 0) is 61.4 Å². The van der Waals surface area contributed by atoms with Gasteiger partial charge in [0.05, 0.1) is 7.11 Å². The molecule has 1 aliphatic rings. The first kappa shape index (κ1) is 21.1. The van der Waals surface area contributed by atoms with E-state index in [2.05, 4.69) is 9.72 Å². The van der Waals surface area contributed by atoms with E-state index < -0.39 is 5.97 Å². The third kappa shape index (κ3) is 4.42. The fraction of sp³-hybridized carbons (Fsp3) is 0.259. The number of benzene rings is 2. The van der Waals surface area contributed by atoms with Crippen LogP contribution in [0.2, 0.25) is 0 Å². The van der Waals surface area contributed by atoms with Gasteiger partial charge in [-0.2, -0.15) is 0 Å². The average molecular weight is 442 g/mol. The lowest BCUT2D eigenvalue weighted by Crippen LogP contribution is -2.23. The van der Waals surface area contributed by atoms with E-state index in [1.165, 1.54) is 39.2 Å². The number of nitrogens with one attached hydrogen (secondary N) is 1. The molecule has 2 aromatic carbocycles. The van der Waals surface area contributed by atoms with Gasteiger partial charge >= 0.3 is 5.97 Å². The molecule has 1 N–H and O–H groups in total. The molecule has 1 aliphatic carbocycles. The van der Waals surface area contributed by atoms with E-state index in [1.807, 2.05) is 42.6 Å². The predicted octanol–water partition coefficient (Wildman–Crippen LogP) is 5.97. The van der Waals surface area contributed by atoms with Crippen LogP contribution >= 0.6 is 0 Å². The Morgan fingerprint density at radius 2 is 1.73 bits per heavy atom. The Kier molecular flexibility index (Phi) is 5.98. The molecule has 0 aliphatic heterocycles. The standard InChI is InChI=1S/C27H27N3O3/c1-32-23-12-6-5-11-22(23)27(31)33-21-16-14-19(15-17-21)25-26(28-20-9-3-2-4-10-20)30-18-8-7-13-24(30)29-25/h5-8,11-18,20,28H,2-4,9-10H2,1H3. The number of carbonyl (C=O) groups excluding carboxylic acids is 1. The van der Waals surface area contributed by atoms with Crippen LogP contribution in [0.25, 0.3) is 16.9 Å². The molecule has 0 atom stereocenters. The summed E-state index contributed by atoms with van der Waals surface area (Å²) in [6, 6.07) is 21.0. The molecular weight excluding hydrogens is 414 g/mol. The number of fused-ring (bicyclic) bond motifs is 1. The molecule has 0 radical (unpaired) electrons. The van der Waals surface area contributed by atoms with Crippen LogP contribution < -0.4 is 14.8 Å². The van der Waals surface area contributed by atoms with Crippen LogP contribution in [-0.2, 0) is 0 Å². The van der Waals surface area contributed by atoms with E-state index in [0.29, 0.717) is 23.1 Å². The van der Waals surface area contributed by atoms with E-state index >= 15 is 0 Å². The molecule has 2 heterocycles. The van der Waals surface area contributed by atoms with Gasteiger partial charge in [0.25, 0.3) is 0 Å². The molecule has 5 rings (SSSR count). The maximum Gasteiger partial charge on any atom is 0.347 e. The van der Waals surface area contributed by atoms with Crippen LogP contribution in [0.3, 0.4) is 0 Å². The molecule has 6 nitrogen and oxygen atoms in total. The first-order chi connectivity index (χ1) is 16.2. The summed E-state index contributed by atoms with van der Waals surface area (Å²) in [4.78, 5) is 17.5. The van der Waals surface area contributed by atoms with Crippen molar-refractivity contribution in [1.82, 2.24) is 9.38 Å². The molecule has 1 saturated carbocycles. The van der Waals surface area contributed by atoms with Gasteiger partial charge in [-0.25, -0.2) is 9.78 Å². The topological polar surface area (TPSA) is 64.9 Å². The Morgan fingerprint density at radius 3 is 2.52 bits per heavy atom. The van der Waals surface area contributed by atoms with Crippen molar-refractivity contribution in [3.8, 4) is 22.8 Å². The fourth-order valence-electron chi connectivity index (χ4n) is 4.43. The van der Waals surface area contributed by atoms with Gasteiger partial charge < -0.3 is 14.8 Å². The Labute approximate surface area is 193 Å². The van der Waals surface area contributed by atoms with Gasteiger partial charge in [0.1, 0.15) is 34.2 Å². The maximum atomic E-state index is 12.6. The van der Waals surface area contributed by atoms with Gasteiger partial charge in [0.2, 0.25) is 0 Å². The first-order valence-corrected chi connectivity index (χ1v) is 11.4. The van der Waals surface area contributed by atoms with Gasteiger partial charge in [-0.3, -0.25) is 4.40 Å². The van der Waals surface area contributed by atoms with Crippen molar-refractivity contribution in [2.45, 2.75) is 38.1 Å². The number of rotatable bonds is 6. The summed E-state index contributed by atoms with van der Waals surface area (Å²) < 4.78 is 13.0. The molecular formula is C27H27N3O3. The monoisotopic (exact) mass is 441 g/mol. The van der Waals surface area contributed by atoms with E-state index in [1.54, 1.807) is 30.3 Å². The summed E-state index contributed by atoms with van der Waals surface area (Å²) >= 11 is 0. The summed E-state index contributed by atoms with van der Waals surface area (Å²) in [7, 11) is 1.54. The smallest absolute Gasteiger partial charge is 0.347 e. The number of aromatic nitrogens is 2. The zero-order valence-electron chi connectivity index (χ0n) is 18.7. The number of hydrogen-bond donors (Lipinski definition) is 1. The van der Waals surface area contributed by atoms with Crippen molar-refractivity contribution in [3.05, 3.63) is 78.5 Å². The van der Waals surface area contributed by atoms with Crippen molar-refractivity contribution in [2.75, 3.05) is 12.4 Å². The number of para-hydroxylation sites is 1. The molecule has 33 heavy (non-hydrogen) atoms. The molecule has 2 aromatic heterocycles. The molecule has 0 spiro atoms. The highest BCUT2D eigenvalue weighted by atomic mass is 16.5. The van der Waals surface area contributed by atoms with Crippen LogP contribution in [0.1, 0.15) is 42.5 Å². The zero-order chi connectivity index (χ0) is 22.6. The molecule has 0 saturated heterocycles. The number of methoxy groups -OCH3 is 1. The minimum absolute atomic E-state index is 0.392. The SMILES string of the molecule is COc1ccccc1C(=O)Oc1ccc(-c2nc3ccccn3c2NC2CCCCC2)cc1. The lowest BCUT2D eigenvalue weighted by molar-refractivity contribution is 0.0731. The van der Waals surface area contributed by atoms with Crippen LogP contribution in [0.4, 0.5) is 5.82 Å². The molecule has 0 unspecified atom stereocenters. The van der Waals surface area contributed by atoms with E-state index in [4.69, 9.17) is 14.5 Å². The Bertz CT molecular complexity index is 1260. The van der Waals surface area contributed by atoms with Crippen molar-refractivity contribution in [2.24, 2.45) is 0 Å². The highest BCUT2D eigenvalue weighted by molar-refractivity contribution is 5.94. The highest BCUT2D eigenvalue weighted by Crippen LogP contribution is 2.32. The van der Waals surface area contributed by atoms with Crippen LogP contribution in [0.5, 0.6) is 11.5 Å². The van der Waals surface area contributed by atoms with Crippen LogP contribution in [-0.4, -0.2) is 28.5 Å². The van der Waals surface area contributed by atoms with Crippen molar-refractivity contribution < 1.29 is 14.3 Å². The summed E-state index contributed by atoms with van der Waals surface area (Å²) in [6.07, 6.45) is 8.23. The minimum Gasteiger partial charge on any atom is -0.496 e. The number of esters is 1. The van der Waals surface area contributed by atoms with E-state index in [0.717, 1.165) is 22.7 Å². The highest BCUT2D eigenvalue weighted by Gasteiger charge is 2.20. The van der Waals surface area contributed by atoms with Gasteiger partial charge in [0, 0.05) is 17.8 Å². The molecule has 1 fully saturated rings. The Balaban J connectivity index is 1.41. The average Bonchev–Trinajstić information content (AvgIpc) is 3.23. The zero-order valence-corrected chi connectivity index (χ0v) is 18.7. The quantitative estimate of drug-likeness (QED) is 0.295. The van der Waals surface area contributed by atoms with Crippen molar-refractivity contribution >= 4 is 17.4 Å². The number of carbonyl (C=O) groups is 1. The second kappa shape index (κ2) is 9.36. The maximum absolute atomic E-state index is 12.6. The van der Waals surface area contributed by atoms with E-state index in [-0.39, 0.29) is 0 Å². The lowest BCUT2D eigenvalue weighted by Gasteiger charge is -2.24. The summed E-state index contributed by atoms with van der Waals surface area (Å²) in [5, 5.41) is 3.75. The Morgan fingerprint density at radius 1 is 0.970 bits per heavy atom. The third-order valence-electron chi connectivity index (χ3n) is 6.14. The number of hydrogen-bond acceptors (Lipinski definition) is 5. The minimum atomic E-state index is -0.451. The van der Waals surface area contributed by atoms with Crippen molar-refractivity contribution in [1.29, 1.82) is 0 Å². The third-order valence-corrected chi connectivity index (χ3v) is 6.14. The number of anilines is 1. The van der Waals surface area contributed by atoms with Gasteiger partial charge in [0.15, 0.2) is 0 Å². The predicted molar refractivity (Wildman–Crippen MR) is 129 cm³/mol. The van der Waals surface area contributed by atoms with E-state index in [9.17, 15) is 4.79 Å². The number of ether oxygens (including phenoxy) is 2. The molecule has 6 heteroatoms. The normalized spacial score (nSPS) is 14.2. The number of imidazole rings is 1. The van der Waals surface area contributed by atoms with Crippen LogP contribution in [0.15, 0.2) is 72.9 Å².